The third kappa shape index (κ3) is 3.44. The van der Waals surface area contributed by atoms with Crippen LogP contribution in [-0.4, -0.2) is 41.0 Å². The molecule has 6 heteroatoms. The third-order valence-electron chi connectivity index (χ3n) is 4.84. The minimum atomic E-state index is -0.468. The van der Waals surface area contributed by atoms with Gasteiger partial charge in [-0.15, -0.1) is 11.3 Å². The molecular weight excluding hydrogens is 418 g/mol. The van der Waals surface area contributed by atoms with Gasteiger partial charge in [-0.25, -0.2) is 0 Å². The van der Waals surface area contributed by atoms with Gasteiger partial charge in [0.1, 0.15) is 0 Å². The van der Waals surface area contributed by atoms with Crippen molar-refractivity contribution in [2.24, 2.45) is 5.92 Å². The monoisotopic (exact) mass is 435 g/mol. The fraction of sp³-hybridized carbons (Fsp3) is 0.667. The highest BCUT2D eigenvalue weighted by Crippen LogP contribution is 2.40. The number of carbonyl (C=O) groups is 1. The van der Waals surface area contributed by atoms with E-state index in [2.05, 4.69) is 36.8 Å². The minimum absolute atomic E-state index is 0.157. The molecule has 0 radical (unpaired) electrons. The van der Waals surface area contributed by atoms with Gasteiger partial charge in [0.25, 0.3) is 0 Å². The Balaban J connectivity index is 1.64. The number of piperidine rings is 1. The summed E-state index contributed by atoms with van der Waals surface area (Å²) in [4.78, 5) is 14.7. The molecule has 0 amide bonds. The number of halogens is 2. The smallest absolute Gasteiger partial charge is 0.178 e. The van der Waals surface area contributed by atoms with E-state index in [-0.39, 0.29) is 5.78 Å². The van der Waals surface area contributed by atoms with Crippen molar-refractivity contribution >= 4 is 49.0 Å². The SMILES string of the molecule is O=C(CN1CCC2(O)CCCCC2C1)c1cc(Br)sc1Br. The molecular formula is C15H19Br2NO2S. The Morgan fingerprint density at radius 3 is 2.95 bits per heavy atom. The number of rotatable bonds is 3. The van der Waals surface area contributed by atoms with Gasteiger partial charge >= 0.3 is 0 Å². The lowest BCUT2D eigenvalue weighted by atomic mass is 9.71. The Morgan fingerprint density at radius 2 is 2.24 bits per heavy atom. The van der Waals surface area contributed by atoms with Crippen LogP contribution in [-0.2, 0) is 0 Å². The first kappa shape index (κ1) is 16.1. The molecule has 21 heavy (non-hydrogen) atoms. The lowest BCUT2D eigenvalue weighted by Crippen LogP contribution is -2.54. The molecule has 1 N–H and O–H groups in total. The zero-order chi connectivity index (χ0) is 15.0. The van der Waals surface area contributed by atoms with Crippen molar-refractivity contribution in [2.75, 3.05) is 19.6 Å². The fourth-order valence-corrected chi connectivity index (χ4v) is 6.46. The van der Waals surface area contributed by atoms with Gasteiger partial charge in [0.05, 0.1) is 19.7 Å². The highest BCUT2D eigenvalue weighted by Gasteiger charge is 2.42. The molecule has 1 aromatic heterocycles. The molecule has 1 saturated carbocycles. The van der Waals surface area contributed by atoms with Crippen molar-refractivity contribution < 1.29 is 9.90 Å². The van der Waals surface area contributed by atoms with Crippen molar-refractivity contribution in [1.29, 1.82) is 0 Å². The lowest BCUT2D eigenvalue weighted by molar-refractivity contribution is -0.0936. The average molecular weight is 437 g/mol. The fourth-order valence-electron chi connectivity index (χ4n) is 3.60. The molecule has 2 heterocycles. The number of ketones is 1. The molecule has 2 fully saturated rings. The first-order valence-corrected chi connectivity index (χ1v) is 9.81. The van der Waals surface area contributed by atoms with Crippen LogP contribution >= 0.6 is 43.2 Å². The molecule has 3 rings (SSSR count). The molecule has 1 aliphatic carbocycles. The van der Waals surface area contributed by atoms with E-state index in [0.717, 1.165) is 51.9 Å². The van der Waals surface area contributed by atoms with E-state index in [1.165, 1.54) is 17.8 Å². The maximum atomic E-state index is 12.4. The third-order valence-corrected chi connectivity index (χ3v) is 7.18. The molecule has 116 valence electrons. The number of Topliss-reactive ketones (excluding diaryl/α,β-unsaturated/α-hetero) is 1. The number of likely N-dealkylation sites (tertiary alicyclic amines) is 1. The summed E-state index contributed by atoms with van der Waals surface area (Å²) < 4.78 is 1.86. The van der Waals surface area contributed by atoms with Crippen molar-refractivity contribution in [2.45, 2.75) is 37.7 Å². The summed E-state index contributed by atoms with van der Waals surface area (Å²) in [7, 11) is 0. The maximum absolute atomic E-state index is 12.4. The number of fused-ring (bicyclic) bond motifs is 1. The molecule has 1 aromatic rings. The molecule has 2 unspecified atom stereocenters. The van der Waals surface area contributed by atoms with Crippen LogP contribution in [0.2, 0.25) is 0 Å². The van der Waals surface area contributed by atoms with Crippen LogP contribution < -0.4 is 0 Å². The summed E-state index contributed by atoms with van der Waals surface area (Å²) in [5, 5.41) is 10.7. The Kier molecular flexibility index (Phi) is 4.91. The van der Waals surface area contributed by atoms with E-state index >= 15 is 0 Å². The number of thiophene rings is 1. The second kappa shape index (κ2) is 6.40. The van der Waals surface area contributed by atoms with E-state index in [1.807, 2.05) is 6.07 Å². The molecule has 2 atom stereocenters. The zero-order valence-corrected chi connectivity index (χ0v) is 15.8. The minimum Gasteiger partial charge on any atom is -0.390 e. The van der Waals surface area contributed by atoms with Crippen LogP contribution in [0.1, 0.15) is 42.5 Å². The van der Waals surface area contributed by atoms with Crippen LogP contribution in [0.15, 0.2) is 13.6 Å². The molecule has 0 spiro atoms. The predicted octanol–water partition coefficient (Wildman–Crippen LogP) is 4.08. The van der Waals surface area contributed by atoms with E-state index in [9.17, 15) is 9.90 Å². The Bertz CT molecular complexity index is 548. The van der Waals surface area contributed by atoms with Crippen molar-refractivity contribution in [3.05, 3.63) is 19.2 Å². The molecule has 0 aromatic carbocycles. The lowest BCUT2D eigenvalue weighted by Gasteiger charge is -2.47. The van der Waals surface area contributed by atoms with E-state index in [0.29, 0.717) is 12.5 Å². The second-order valence-corrected chi connectivity index (χ2v) is 9.94. The number of hydrogen-bond acceptors (Lipinski definition) is 4. The Morgan fingerprint density at radius 1 is 1.43 bits per heavy atom. The van der Waals surface area contributed by atoms with Gasteiger partial charge in [-0.3, -0.25) is 9.69 Å². The average Bonchev–Trinajstić information content (AvgIpc) is 2.78. The number of carbonyl (C=O) groups excluding carboxylic acids is 1. The maximum Gasteiger partial charge on any atom is 0.178 e. The van der Waals surface area contributed by atoms with Crippen LogP contribution in [0.4, 0.5) is 0 Å². The van der Waals surface area contributed by atoms with Crippen LogP contribution in [0.3, 0.4) is 0 Å². The highest BCUT2D eigenvalue weighted by molar-refractivity contribution is 9.12. The Hall–Kier alpha value is 0.250. The standard InChI is InChI=1S/C15H19Br2NO2S/c16-13-7-11(14(17)21-13)12(19)9-18-6-5-15(20)4-2-1-3-10(15)8-18/h7,10,20H,1-6,8-9H2. The van der Waals surface area contributed by atoms with E-state index < -0.39 is 5.60 Å². The summed E-state index contributed by atoms with van der Waals surface area (Å²) in [6.07, 6.45) is 5.18. The van der Waals surface area contributed by atoms with Crippen LogP contribution in [0.5, 0.6) is 0 Å². The van der Waals surface area contributed by atoms with Gasteiger partial charge < -0.3 is 5.11 Å². The summed E-state index contributed by atoms with van der Waals surface area (Å²) in [5.41, 5.74) is 0.292. The summed E-state index contributed by atoms with van der Waals surface area (Å²) >= 11 is 8.41. The summed E-state index contributed by atoms with van der Waals surface area (Å²) in [6, 6.07) is 1.89. The molecule has 3 nitrogen and oxygen atoms in total. The molecule has 2 aliphatic rings. The van der Waals surface area contributed by atoms with Gasteiger partial charge in [0.15, 0.2) is 5.78 Å². The van der Waals surface area contributed by atoms with Gasteiger partial charge in [0, 0.05) is 24.6 Å². The number of nitrogens with zero attached hydrogens (tertiary/aromatic N) is 1. The van der Waals surface area contributed by atoms with Gasteiger partial charge in [0.2, 0.25) is 0 Å². The first-order valence-electron chi connectivity index (χ1n) is 7.41. The normalized spacial score (nSPS) is 30.1. The van der Waals surface area contributed by atoms with Gasteiger partial charge in [-0.2, -0.15) is 0 Å². The van der Waals surface area contributed by atoms with Crippen LogP contribution in [0, 0.1) is 5.92 Å². The quantitative estimate of drug-likeness (QED) is 0.725. The first-order chi connectivity index (χ1) is 9.98. The summed E-state index contributed by atoms with van der Waals surface area (Å²) in [6.45, 7) is 2.13. The Labute approximate surface area is 146 Å². The topological polar surface area (TPSA) is 40.5 Å². The molecule has 1 aliphatic heterocycles. The largest absolute Gasteiger partial charge is 0.390 e. The summed E-state index contributed by atoms with van der Waals surface area (Å²) in [5.74, 6) is 0.496. The van der Waals surface area contributed by atoms with E-state index in [4.69, 9.17) is 0 Å². The van der Waals surface area contributed by atoms with Gasteiger partial charge in [-0.05, 0) is 57.2 Å². The number of hydrogen-bond donors (Lipinski definition) is 1. The highest BCUT2D eigenvalue weighted by atomic mass is 79.9. The van der Waals surface area contributed by atoms with Crippen molar-refractivity contribution in [3.63, 3.8) is 0 Å². The van der Waals surface area contributed by atoms with E-state index in [1.54, 1.807) is 0 Å². The van der Waals surface area contributed by atoms with Crippen molar-refractivity contribution in [1.82, 2.24) is 4.90 Å². The zero-order valence-electron chi connectivity index (χ0n) is 11.8. The number of aliphatic hydroxyl groups is 1. The second-order valence-electron chi connectivity index (χ2n) is 6.19. The predicted molar refractivity (Wildman–Crippen MR) is 92.0 cm³/mol. The van der Waals surface area contributed by atoms with Crippen LogP contribution in [0.25, 0.3) is 0 Å². The van der Waals surface area contributed by atoms with Gasteiger partial charge in [-0.1, -0.05) is 12.8 Å². The molecule has 1 saturated heterocycles. The molecule has 0 bridgehead atoms. The van der Waals surface area contributed by atoms with Crippen molar-refractivity contribution in [3.8, 4) is 0 Å².